The second kappa shape index (κ2) is 4.42. The lowest BCUT2D eigenvalue weighted by Gasteiger charge is -2.16. The topological polar surface area (TPSA) is 58.4 Å². The third-order valence-electron chi connectivity index (χ3n) is 3.24. The van der Waals surface area contributed by atoms with Gasteiger partial charge >= 0.3 is 0 Å². The van der Waals surface area contributed by atoms with Crippen molar-refractivity contribution in [2.24, 2.45) is 0 Å². The van der Waals surface area contributed by atoms with E-state index in [0.29, 0.717) is 18.5 Å². The Morgan fingerprint density at radius 1 is 1.56 bits per heavy atom. The second-order valence-electron chi connectivity index (χ2n) is 4.47. The van der Waals surface area contributed by atoms with Crippen LogP contribution in [0.1, 0.15) is 13.3 Å². The maximum absolute atomic E-state index is 12.0. The van der Waals surface area contributed by atoms with Gasteiger partial charge in [-0.15, -0.1) is 0 Å². The van der Waals surface area contributed by atoms with Gasteiger partial charge in [-0.3, -0.25) is 4.79 Å². The normalized spacial score (nSPS) is 19.9. The average molecular weight is 245 g/mol. The van der Waals surface area contributed by atoms with Gasteiger partial charge in [0, 0.05) is 30.8 Å². The molecule has 1 unspecified atom stereocenters. The Labute approximate surface area is 105 Å². The van der Waals surface area contributed by atoms with Gasteiger partial charge in [-0.1, -0.05) is 6.92 Å². The maximum Gasteiger partial charge on any atom is 0.228 e. The van der Waals surface area contributed by atoms with E-state index in [2.05, 4.69) is 10.3 Å². The zero-order valence-corrected chi connectivity index (χ0v) is 10.2. The molecule has 1 aromatic heterocycles. The molecule has 0 saturated carbocycles. The van der Waals surface area contributed by atoms with E-state index in [4.69, 9.17) is 4.42 Å². The minimum atomic E-state index is 0.153. The summed E-state index contributed by atoms with van der Waals surface area (Å²) >= 11 is 0. The smallest absolute Gasteiger partial charge is 0.228 e. The van der Waals surface area contributed by atoms with Crippen molar-refractivity contribution in [2.45, 2.75) is 19.4 Å². The molecule has 2 heterocycles. The summed E-state index contributed by atoms with van der Waals surface area (Å²) in [5.74, 6) is 0.153. The number of likely N-dealkylation sites (N-methyl/N-ethyl adjacent to an activating group) is 1. The molecule has 1 aliphatic heterocycles. The first-order chi connectivity index (χ1) is 8.78. The van der Waals surface area contributed by atoms with Crippen molar-refractivity contribution in [1.82, 2.24) is 10.3 Å². The second-order valence-corrected chi connectivity index (χ2v) is 4.47. The molecule has 1 aromatic carbocycles. The predicted molar refractivity (Wildman–Crippen MR) is 68.4 cm³/mol. The number of nitrogens with one attached hydrogen (secondary N) is 1. The highest BCUT2D eigenvalue weighted by Crippen LogP contribution is 2.25. The summed E-state index contributed by atoms with van der Waals surface area (Å²) in [6.45, 7) is 3.65. The first kappa shape index (κ1) is 11.2. The summed E-state index contributed by atoms with van der Waals surface area (Å²) in [5, 5.41) is 3.31. The van der Waals surface area contributed by atoms with Crippen molar-refractivity contribution in [3.63, 3.8) is 0 Å². The number of hydrogen-bond acceptors (Lipinski definition) is 4. The van der Waals surface area contributed by atoms with Gasteiger partial charge in [0.15, 0.2) is 12.0 Å². The molecule has 1 amide bonds. The third-order valence-corrected chi connectivity index (χ3v) is 3.24. The van der Waals surface area contributed by atoms with Gasteiger partial charge in [-0.05, 0) is 18.7 Å². The summed E-state index contributed by atoms with van der Waals surface area (Å²) in [6, 6.07) is 5.90. The van der Waals surface area contributed by atoms with Crippen LogP contribution >= 0.6 is 0 Å². The molecule has 2 aromatic rings. The number of fused-ring (bicyclic) bond motifs is 1. The lowest BCUT2D eigenvalue weighted by atomic mass is 10.2. The van der Waals surface area contributed by atoms with Crippen LogP contribution in [-0.2, 0) is 4.79 Å². The summed E-state index contributed by atoms with van der Waals surface area (Å²) < 4.78 is 5.26. The Kier molecular flexibility index (Phi) is 2.76. The molecule has 1 atom stereocenters. The third kappa shape index (κ3) is 1.86. The molecule has 0 radical (unpaired) electrons. The molecule has 94 valence electrons. The van der Waals surface area contributed by atoms with Gasteiger partial charge in [0.2, 0.25) is 5.91 Å². The van der Waals surface area contributed by atoms with Crippen LogP contribution in [0.25, 0.3) is 11.1 Å². The molecule has 3 rings (SSSR count). The number of oxazole rings is 1. The van der Waals surface area contributed by atoms with Crippen molar-refractivity contribution in [2.75, 3.05) is 18.0 Å². The first-order valence-electron chi connectivity index (χ1n) is 6.15. The standard InChI is InChI=1S/C13H15N3O2/c1-2-14-9-5-13(17)16(7-9)10-3-4-11-12(6-10)18-8-15-11/h3-4,6,8-9,14H,2,5,7H2,1H3. The number of carbonyl (C=O) groups excluding carboxylic acids is 1. The van der Waals surface area contributed by atoms with Gasteiger partial charge in [0.05, 0.1) is 0 Å². The van der Waals surface area contributed by atoms with E-state index >= 15 is 0 Å². The van der Waals surface area contributed by atoms with Gasteiger partial charge in [-0.2, -0.15) is 0 Å². The fourth-order valence-electron chi connectivity index (χ4n) is 2.39. The molecule has 1 fully saturated rings. The minimum Gasteiger partial charge on any atom is -0.443 e. The highest BCUT2D eigenvalue weighted by molar-refractivity contribution is 5.97. The van der Waals surface area contributed by atoms with Crippen LogP contribution in [0.4, 0.5) is 5.69 Å². The Morgan fingerprint density at radius 2 is 2.44 bits per heavy atom. The molecule has 0 aliphatic carbocycles. The predicted octanol–water partition coefficient (Wildman–Crippen LogP) is 1.54. The van der Waals surface area contributed by atoms with Crippen LogP contribution in [0.5, 0.6) is 0 Å². The van der Waals surface area contributed by atoms with E-state index in [1.807, 2.05) is 25.1 Å². The van der Waals surface area contributed by atoms with Crippen molar-refractivity contribution in [1.29, 1.82) is 0 Å². The summed E-state index contributed by atoms with van der Waals surface area (Å²) in [4.78, 5) is 17.8. The van der Waals surface area contributed by atoms with Gasteiger partial charge in [0.25, 0.3) is 0 Å². The van der Waals surface area contributed by atoms with Crippen LogP contribution in [0.2, 0.25) is 0 Å². The Balaban J connectivity index is 1.87. The molecule has 1 aliphatic rings. The monoisotopic (exact) mass is 245 g/mol. The number of amides is 1. The fraction of sp³-hybridized carbons (Fsp3) is 0.385. The minimum absolute atomic E-state index is 0.153. The zero-order valence-electron chi connectivity index (χ0n) is 10.2. The first-order valence-corrected chi connectivity index (χ1v) is 6.15. The fourth-order valence-corrected chi connectivity index (χ4v) is 2.39. The molecule has 5 heteroatoms. The number of benzene rings is 1. The van der Waals surface area contributed by atoms with Crippen LogP contribution in [0.3, 0.4) is 0 Å². The molecule has 18 heavy (non-hydrogen) atoms. The summed E-state index contributed by atoms with van der Waals surface area (Å²) in [6.07, 6.45) is 1.98. The number of nitrogens with zero attached hydrogens (tertiary/aromatic N) is 2. The van der Waals surface area contributed by atoms with E-state index in [0.717, 1.165) is 17.7 Å². The van der Waals surface area contributed by atoms with E-state index in [1.165, 1.54) is 6.39 Å². The Bertz CT molecular complexity index is 578. The molecular formula is C13H15N3O2. The average Bonchev–Trinajstić information content (AvgIpc) is 2.95. The largest absolute Gasteiger partial charge is 0.443 e. The van der Waals surface area contributed by atoms with Crippen LogP contribution in [-0.4, -0.2) is 30.0 Å². The van der Waals surface area contributed by atoms with E-state index in [-0.39, 0.29) is 11.9 Å². The van der Waals surface area contributed by atoms with Crippen LogP contribution in [0, 0.1) is 0 Å². The summed E-state index contributed by atoms with van der Waals surface area (Å²) in [5.41, 5.74) is 2.41. The molecule has 1 saturated heterocycles. The number of anilines is 1. The quantitative estimate of drug-likeness (QED) is 0.891. The van der Waals surface area contributed by atoms with Gasteiger partial charge < -0.3 is 14.6 Å². The lowest BCUT2D eigenvalue weighted by molar-refractivity contribution is -0.117. The lowest BCUT2D eigenvalue weighted by Crippen LogP contribution is -2.32. The highest BCUT2D eigenvalue weighted by Gasteiger charge is 2.30. The highest BCUT2D eigenvalue weighted by atomic mass is 16.3. The number of hydrogen-bond donors (Lipinski definition) is 1. The maximum atomic E-state index is 12.0. The number of aromatic nitrogens is 1. The van der Waals surface area contributed by atoms with E-state index in [1.54, 1.807) is 4.90 Å². The number of rotatable bonds is 3. The van der Waals surface area contributed by atoms with Crippen LogP contribution in [0.15, 0.2) is 29.0 Å². The van der Waals surface area contributed by atoms with Gasteiger partial charge in [0.1, 0.15) is 5.52 Å². The molecular weight excluding hydrogens is 230 g/mol. The molecule has 0 spiro atoms. The number of carbonyl (C=O) groups is 1. The van der Waals surface area contributed by atoms with Gasteiger partial charge in [-0.25, -0.2) is 4.98 Å². The molecule has 5 nitrogen and oxygen atoms in total. The van der Waals surface area contributed by atoms with Crippen molar-refractivity contribution in [3.05, 3.63) is 24.6 Å². The van der Waals surface area contributed by atoms with Crippen molar-refractivity contribution < 1.29 is 9.21 Å². The Hall–Kier alpha value is -1.88. The van der Waals surface area contributed by atoms with E-state index in [9.17, 15) is 4.79 Å². The SMILES string of the molecule is CCNC1CC(=O)N(c2ccc3ncoc3c2)C1. The summed E-state index contributed by atoms with van der Waals surface area (Å²) in [7, 11) is 0. The molecule has 0 bridgehead atoms. The molecule has 1 N–H and O–H groups in total. The zero-order chi connectivity index (χ0) is 12.5. The van der Waals surface area contributed by atoms with Crippen molar-refractivity contribution >= 4 is 22.7 Å². The van der Waals surface area contributed by atoms with E-state index < -0.39 is 0 Å². The van der Waals surface area contributed by atoms with Crippen molar-refractivity contribution in [3.8, 4) is 0 Å². The van der Waals surface area contributed by atoms with Crippen LogP contribution < -0.4 is 10.2 Å². The Morgan fingerprint density at radius 3 is 3.28 bits per heavy atom.